The highest BCUT2D eigenvalue weighted by Gasteiger charge is 2.49. The number of benzene rings is 2. The number of fused-ring (bicyclic) bond motifs is 2. The van der Waals surface area contributed by atoms with Crippen molar-refractivity contribution in [3.63, 3.8) is 0 Å². The molecule has 2 aliphatic rings. The van der Waals surface area contributed by atoms with Gasteiger partial charge in [-0.2, -0.15) is 10.2 Å². The molecule has 0 radical (unpaired) electrons. The summed E-state index contributed by atoms with van der Waals surface area (Å²) in [5.74, 6) is 1.76. The van der Waals surface area contributed by atoms with Crippen LogP contribution in [0.5, 0.6) is 5.88 Å². The molecule has 0 spiro atoms. The molecule has 2 aromatic carbocycles. The Morgan fingerprint density at radius 1 is 1.09 bits per heavy atom. The Kier molecular flexibility index (Phi) is 7.47. The Labute approximate surface area is 259 Å². The number of ether oxygens (including phenoxy) is 1. The lowest BCUT2D eigenvalue weighted by atomic mass is 10.1. The van der Waals surface area contributed by atoms with E-state index < -0.39 is 5.82 Å². The van der Waals surface area contributed by atoms with Crippen LogP contribution in [0.1, 0.15) is 53.3 Å². The molecule has 12 heteroatoms. The van der Waals surface area contributed by atoms with Gasteiger partial charge < -0.3 is 14.2 Å². The minimum absolute atomic E-state index is 0.0212. The van der Waals surface area contributed by atoms with Gasteiger partial charge in [-0.3, -0.25) is 9.69 Å². The van der Waals surface area contributed by atoms with E-state index in [1.165, 1.54) is 6.07 Å². The Bertz CT molecular complexity index is 1940. The van der Waals surface area contributed by atoms with Gasteiger partial charge in [0.15, 0.2) is 5.78 Å². The molecule has 1 aliphatic carbocycles. The number of aromatic nitrogens is 6. The molecule has 2 unspecified atom stereocenters. The van der Waals surface area contributed by atoms with E-state index in [2.05, 4.69) is 24.7 Å². The second-order valence-electron chi connectivity index (χ2n) is 11.5. The van der Waals surface area contributed by atoms with Crippen LogP contribution in [0.3, 0.4) is 0 Å². The summed E-state index contributed by atoms with van der Waals surface area (Å²) in [7, 11) is 0. The first-order valence-corrected chi connectivity index (χ1v) is 15.1. The third kappa shape index (κ3) is 5.62. The summed E-state index contributed by atoms with van der Waals surface area (Å²) in [6.45, 7) is 7.23. The van der Waals surface area contributed by atoms with Gasteiger partial charge in [-0.1, -0.05) is 17.3 Å². The fourth-order valence-corrected chi connectivity index (χ4v) is 6.17. The predicted molar refractivity (Wildman–Crippen MR) is 164 cm³/mol. The SMILES string of the molecule is CCn1nncc1Cn1c(CN2CCN(c3cccc(OCc4ccc(C#N)cc4F)n3)C3CC32)nc2ccc(C(C)=O)cc21. The maximum Gasteiger partial charge on any atom is 0.215 e. The fraction of sp³-hybridized carbons (Fsp3) is 0.333. The van der Waals surface area contributed by atoms with Crippen molar-refractivity contribution in [2.45, 2.75) is 58.6 Å². The van der Waals surface area contributed by atoms with Gasteiger partial charge in [0.25, 0.3) is 0 Å². The lowest BCUT2D eigenvalue weighted by Gasteiger charge is -2.34. The molecule has 5 aromatic rings. The molecule has 1 saturated carbocycles. The molecule has 11 nitrogen and oxygen atoms in total. The van der Waals surface area contributed by atoms with Crippen molar-refractivity contribution >= 4 is 22.6 Å². The van der Waals surface area contributed by atoms with Crippen molar-refractivity contribution in [1.29, 1.82) is 5.26 Å². The van der Waals surface area contributed by atoms with Gasteiger partial charge >= 0.3 is 0 Å². The molecule has 2 atom stereocenters. The number of ketones is 1. The fourth-order valence-electron chi connectivity index (χ4n) is 6.17. The molecule has 0 amide bonds. The first-order valence-electron chi connectivity index (χ1n) is 15.1. The summed E-state index contributed by atoms with van der Waals surface area (Å²) in [4.78, 5) is 26.8. The standard InChI is InChI=1S/C33H32FN9O2/c1-3-43-25(17-36-39-43)18-42-28-14-23(21(2)44)9-10-27(28)37-32(42)19-40-11-12-41(30-15-29(30)40)31-5-4-6-33(38-31)45-20-24-8-7-22(16-35)13-26(24)34/h4-10,13-14,17,29-30H,3,11-12,15,18-20H2,1-2H3. The summed E-state index contributed by atoms with van der Waals surface area (Å²) in [6.07, 6.45) is 2.81. The zero-order valence-electron chi connectivity index (χ0n) is 25.1. The highest BCUT2D eigenvalue weighted by Crippen LogP contribution is 2.40. The number of nitriles is 1. The van der Waals surface area contributed by atoms with E-state index in [4.69, 9.17) is 20.0 Å². The maximum atomic E-state index is 14.3. The van der Waals surface area contributed by atoms with Crippen LogP contribution < -0.4 is 9.64 Å². The molecule has 1 aliphatic heterocycles. The molecule has 3 aromatic heterocycles. The summed E-state index contributed by atoms with van der Waals surface area (Å²) in [5.41, 5.74) is 4.07. The van der Waals surface area contributed by atoms with E-state index >= 15 is 0 Å². The third-order valence-corrected chi connectivity index (χ3v) is 8.68. The number of carbonyl (C=O) groups is 1. The number of hydrogen-bond acceptors (Lipinski definition) is 9. The Balaban J connectivity index is 1.07. The Morgan fingerprint density at radius 2 is 1.98 bits per heavy atom. The number of rotatable bonds is 10. The van der Waals surface area contributed by atoms with Gasteiger partial charge in [0.05, 0.1) is 47.6 Å². The largest absolute Gasteiger partial charge is 0.473 e. The molecule has 2 fully saturated rings. The minimum atomic E-state index is -0.470. The molecule has 0 bridgehead atoms. The molecular formula is C33H32FN9O2. The normalized spacial score (nSPS) is 17.7. The number of aryl methyl sites for hydroxylation is 1. The molecule has 1 saturated heterocycles. The summed E-state index contributed by atoms with van der Waals surface area (Å²) < 4.78 is 24.2. The van der Waals surface area contributed by atoms with Crippen LogP contribution in [0.2, 0.25) is 0 Å². The van der Waals surface area contributed by atoms with Crippen molar-refractivity contribution in [3.8, 4) is 11.9 Å². The number of pyridine rings is 1. The van der Waals surface area contributed by atoms with Crippen molar-refractivity contribution in [3.05, 3.63) is 94.8 Å². The topological polar surface area (TPSA) is 118 Å². The van der Waals surface area contributed by atoms with Crippen LogP contribution >= 0.6 is 0 Å². The average Bonchev–Trinajstić information content (AvgIpc) is 3.62. The first-order chi connectivity index (χ1) is 21.9. The van der Waals surface area contributed by atoms with E-state index in [0.29, 0.717) is 48.7 Å². The van der Waals surface area contributed by atoms with Crippen LogP contribution in [-0.4, -0.2) is 65.4 Å². The zero-order chi connectivity index (χ0) is 31.1. The lowest BCUT2D eigenvalue weighted by molar-refractivity contribution is 0.101. The van der Waals surface area contributed by atoms with Crippen LogP contribution in [-0.2, 0) is 26.2 Å². The van der Waals surface area contributed by atoms with Crippen LogP contribution in [0.15, 0.2) is 60.8 Å². The average molecular weight is 606 g/mol. The van der Waals surface area contributed by atoms with E-state index in [1.807, 2.05) is 48.0 Å². The number of nitrogens with zero attached hydrogens (tertiary/aromatic N) is 9. The second-order valence-corrected chi connectivity index (χ2v) is 11.5. The van der Waals surface area contributed by atoms with Crippen LogP contribution in [0.25, 0.3) is 11.0 Å². The molecule has 7 rings (SSSR count). The van der Waals surface area contributed by atoms with Crippen molar-refractivity contribution in [1.82, 2.24) is 34.4 Å². The van der Waals surface area contributed by atoms with Gasteiger partial charge in [0.2, 0.25) is 5.88 Å². The van der Waals surface area contributed by atoms with E-state index in [-0.39, 0.29) is 18.0 Å². The summed E-state index contributed by atoms with van der Waals surface area (Å²) >= 11 is 0. The summed E-state index contributed by atoms with van der Waals surface area (Å²) in [6, 6.07) is 18.3. The van der Waals surface area contributed by atoms with Gasteiger partial charge in [0.1, 0.15) is 24.1 Å². The minimum Gasteiger partial charge on any atom is -0.473 e. The first kappa shape index (κ1) is 28.6. The van der Waals surface area contributed by atoms with Crippen LogP contribution in [0, 0.1) is 17.1 Å². The number of anilines is 1. The highest BCUT2D eigenvalue weighted by molar-refractivity contribution is 5.97. The van der Waals surface area contributed by atoms with Crippen molar-refractivity contribution < 1.29 is 13.9 Å². The third-order valence-electron chi connectivity index (χ3n) is 8.68. The number of Topliss-reactive ketones (excluding diaryl/α,β-unsaturated/α-hetero) is 1. The quantitative estimate of drug-likeness (QED) is 0.214. The van der Waals surface area contributed by atoms with E-state index in [0.717, 1.165) is 47.9 Å². The number of hydrogen-bond donors (Lipinski definition) is 0. The van der Waals surface area contributed by atoms with Gasteiger partial charge in [-0.15, -0.1) is 5.10 Å². The molecule has 0 N–H and O–H groups in total. The summed E-state index contributed by atoms with van der Waals surface area (Å²) in [5, 5.41) is 17.3. The maximum absolute atomic E-state index is 14.3. The predicted octanol–water partition coefficient (Wildman–Crippen LogP) is 4.35. The Morgan fingerprint density at radius 3 is 2.78 bits per heavy atom. The van der Waals surface area contributed by atoms with Gasteiger partial charge in [-0.25, -0.2) is 14.1 Å². The van der Waals surface area contributed by atoms with E-state index in [9.17, 15) is 9.18 Å². The molecule has 4 heterocycles. The van der Waals surface area contributed by atoms with Crippen LogP contribution in [0.4, 0.5) is 10.2 Å². The molecule has 228 valence electrons. The van der Waals surface area contributed by atoms with Gasteiger partial charge in [-0.05, 0) is 56.7 Å². The Hall–Kier alpha value is -5.15. The number of halogens is 1. The van der Waals surface area contributed by atoms with Crippen molar-refractivity contribution in [2.75, 3.05) is 18.0 Å². The number of imidazole rings is 1. The zero-order valence-corrected chi connectivity index (χ0v) is 25.1. The number of piperazine rings is 1. The molecular weight excluding hydrogens is 573 g/mol. The second kappa shape index (κ2) is 11.7. The number of carbonyl (C=O) groups excluding carboxylic acids is 1. The van der Waals surface area contributed by atoms with Gasteiger partial charge in [0, 0.05) is 48.9 Å². The lowest BCUT2D eigenvalue weighted by Crippen LogP contribution is -2.46. The van der Waals surface area contributed by atoms with E-state index in [1.54, 1.807) is 31.3 Å². The highest BCUT2D eigenvalue weighted by atomic mass is 19.1. The van der Waals surface area contributed by atoms with Crippen molar-refractivity contribution in [2.24, 2.45) is 0 Å². The monoisotopic (exact) mass is 605 g/mol. The smallest absolute Gasteiger partial charge is 0.215 e. The molecule has 45 heavy (non-hydrogen) atoms.